The summed E-state index contributed by atoms with van der Waals surface area (Å²) in [6, 6.07) is 3.27. The molecule has 20 heavy (non-hydrogen) atoms. The minimum absolute atomic E-state index is 0.0988. The van der Waals surface area contributed by atoms with Gasteiger partial charge in [0.15, 0.2) is 0 Å². The number of nitro benzene ring substituents is 1. The van der Waals surface area contributed by atoms with E-state index in [4.69, 9.17) is 4.74 Å². The number of nitrogens with one attached hydrogen (secondary N) is 1. The summed E-state index contributed by atoms with van der Waals surface area (Å²) in [5.74, 6) is 0. The number of methoxy groups -OCH3 is 1. The largest absolute Gasteiger partial charge is 0.383 e. The average molecular weight is 279 g/mol. The first-order chi connectivity index (χ1) is 9.45. The molecule has 1 aromatic carbocycles. The fourth-order valence-electron chi connectivity index (χ4n) is 2.05. The third-order valence-electron chi connectivity index (χ3n) is 2.97. The second-order valence-corrected chi connectivity index (χ2v) is 4.40. The normalized spacial score (nSPS) is 12.5. The minimum Gasteiger partial charge on any atom is -0.383 e. The molecule has 1 unspecified atom stereocenters. The number of aromatic amines is 1. The Morgan fingerprint density at radius 2 is 2.15 bits per heavy atom. The van der Waals surface area contributed by atoms with Crippen LogP contribution in [0, 0.1) is 10.1 Å². The van der Waals surface area contributed by atoms with Crippen molar-refractivity contribution < 1.29 is 9.66 Å². The number of H-pyrrole nitrogens is 1. The van der Waals surface area contributed by atoms with E-state index in [0.29, 0.717) is 0 Å². The highest BCUT2D eigenvalue weighted by atomic mass is 16.6. The lowest BCUT2D eigenvalue weighted by molar-refractivity contribution is -0.384. The molecule has 1 heterocycles. The summed E-state index contributed by atoms with van der Waals surface area (Å²) >= 11 is 0. The molecule has 0 aliphatic carbocycles. The molecule has 0 saturated carbocycles. The Balaban J connectivity index is 2.75. The van der Waals surface area contributed by atoms with E-state index >= 15 is 0 Å². The SMILES string of the molecule is COCC(C)n1c(=O)[nH]c2ccc([N+](=O)[O-])cc2c1=O. The number of aromatic nitrogens is 2. The van der Waals surface area contributed by atoms with Gasteiger partial charge in [-0.3, -0.25) is 19.5 Å². The van der Waals surface area contributed by atoms with Crippen LogP contribution in [0.4, 0.5) is 5.69 Å². The second kappa shape index (κ2) is 5.25. The first kappa shape index (κ1) is 13.9. The molecule has 0 amide bonds. The minimum atomic E-state index is -0.590. The number of ether oxygens (including phenoxy) is 1. The standard InChI is InChI=1S/C12H13N3O5/c1-7(6-20-2)14-11(16)9-5-8(15(18)19)3-4-10(9)13-12(14)17/h3-5,7H,6H2,1-2H3,(H,13,17). The van der Waals surface area contributed by atoms with E-state index in [9.17, 15) is 19.7 Å². The molecule has 1 aromatic heterocycles. The van der Waals surface area contributed by atoms with Gasteiger partial charge in [0.25, 0.3) is 11.2 Å². The maximum Gasteiger partial charge on any atom is 0.329 e. The van der Waals surface area contributed by atoms with Crippen molar-refractivity contribution in [3.8, 4) is 0 Å². The van der Waals surface area contributed by atoms with Crippen molar-refractivity contribution in [1.29, 1.82) is 0 Å². The van der Waals surface area contributed by atoms with Gasteiger partial charge in [-0.15, -0.1) is 0 Å². The van der Waals surface area contributed by atoms with Gasteiger partial charge in [-0.1, -0.05) is 0 Å². The van der Waals surface area contributed by atoms with Crippen LogP contribution >= 0.6 is 0 Å². The zero-order valence-electron chi connectivity index (χ0n) is 11.0. The van der Waals surface area contributed by atoms with Gasteiger partial charge >= 0.3 is 5.69 Å². The summed E-state index contributed by atoms with van der Waals surface area (Å²) in [7, 11) is 1.46. The van der Waals surface area contributed by atoms with Crippen molar-refractivity contribution in [3.05, 3.63) is 49.2 Å². The molecule has 0 saturated heterocycles. The summed E-state index contributed by atoms with van der Waals surface area (Å²) in [4.78, 5) is 36.9. The van der Waals surface area contributed by atoms with E-state index < -0.39 is 22.2 Å². The van der Waals surface area contributed by atoms with E-state index in [2.05, 4.69) is 4.98 Å². The Hall–Kier alpha value is -2.48. The van der Waals surface area contributed by atoms with Gasteiger partial charge in [-0.05, 0) is 13.0 Å². The Labute approximate surface area is 112 Å². The summed E-state index contributed by atoms with van der Waals surface area (Å²) in [5, 5.41) is 10.8. The third-order valence-corrected chi connectivity index (χ3v) is 2.97. The second-order valence-electron chi connectivity index (χ2n) is 4.40. The summed E-state index contributed by atoms with van der Waals surface area (Å²) < 4.78 is 5.92. The molecular formula is C12H13N3O5. The van der Waals surface area contributed by atoms with E-state index in [1.807, 2.05) is 0 Å². The Bertz CT molecular complexity index is 777. The molecule has 0 radical (unpaired) electrons. The van der Waals surface area contributed by atoms with Crippen molar-refractivity contribution in [1.82, 2.24) is 9.55 Å². The van der Waals surface area contributed by atoms with Crippen molar-refractivity contribution in [2.45, 2.75) is 13.0 Å². The quantitative estimate of drug-likeness (QED) is 0.658. The highest BCUT2D eigenvalue weighted by molar-refractivity contribution is 5.79. The lowest BCUT2D eigenvalue weighted by Crippen LogP contribution is -2.38. The van der Waals surface area contributed by atoms with Crippen LogP contribution in [0.25, 0.3) is 10.9 Å². The van der Waals surface area contributed by atoms with Crippen molar-refractivity contribution in [2.75, 3.05) is 13.7 Å². The molecule has 106 valence electrons. The number of hydrogen-bond donors (Lipinski definition) is 1. The number of non-ortho nitro benzene ring substituents is 1. The lowest BCUT2D eigenvalue weighted by atomic mass is 10.2. The highest BCUT2D eigenvalue weighted by Crippen LogP contribution is 2.16. The number of rotatable bonds is 4. The Kier molecular flexibility index (Phi) is 3.66. The van der Waals surface area contributed by atoms with Gasteiger partial charge in [0.2, 0.25) is 0 Å². The van der Waals surface area contributed by atoms with Crippen LogP contribution in [0.1, 0.15) is 13.0 Å². The van der Waals surface area contributed by atoms with Crippen LogP contribution in [0.3, 0.4) is 0 Å². The predicted octanol–water partition coefficient (Wildman–Crippen LogP) is 0.805. The smallest absolute Gasteiger partial charge is 0.329 e. The molecule has 0 aliphatic rings. The molecule has 1 atom stereocenters. The van der Waals surface area contributed by atoms with Gasteiger partial charge in [-0.25, -0.2) is 4.79 Å². The molecule has 0 aliphatic heterocycles. The Morgan fingerprint density at radius 3 is 2.75 bits per heavy atom. The van der Waals surface area contributed by atoms with Crippen LogP contribution < -0.4 is 11.2 Å². The molecule has 8 heteroatoms. The van der Waals surface area contributed by atoms with E-state index in [1.165, 1.54) is 19.2 Å². The van der Waals surface area contributed by atoms with Crippen LogP contribution in [0.2, 0.25) is 0 Å². The molecule has 2 rings (SSSR count). The topological polar surface area (TPSA) is 107 Å². The number of benzene rings is 1. The highest BCUT2D eigenvalue weighted by Gasteiger charge is 2.15. The zero-order valence-corrected chi connectivity index (χ0v) is 11.0. The van der Waals surface area contributed by atoms with Gasteiger partial charge in [-0.2, -0.15) is 0 Å². The van der Waals surface area contributed by atoms with Gasteiger partial charge in [0, 0.05) is 19.2 Å². The van der Waals surface area contributed by atoms with Gasteiger partial charge < -0.3 is 9.72 Å². The first-order valence-electron chi connectivity index (χ1n) is 5.87. The number of hydrogen-bond acceptors (Lipinski definition) is 5. The van der Waals surface area contributed by atoms with Crippen LogP contribution in [0.15, 0.2) is 27.8 Å². The maximum absolute atomic E-state index is 12.3. The molecule has 0 fully saturated rings. The van der Waals surface area contributed by atoms with Gasteiger partial charge in [0.1, 0.15) is 0 Å². The third kappa shape index (κ3) is 2.32. The van der Waals surface area contributed by atoms with Crippen LogP contribution in [0.5, 0.6) is 0 Å². The first-order valence-corrected chi connectivity index (χ1v) is 5.87. The Morgan fingerprint density at radius 1 is 1.45 bits per heavy atom. The van der Waals surface area contributed by atoms with Crippen molar-refractivity contribution >= 4 is 16.6 Å². The van der Waals surface area contributed by atoms with E-state index in [-0.39, 0.29) is 23.2 Å². The summed E-state index contributed by atoms with van der Waals surface area (Å²) in [6.07, 6.45) is 0. The number of nitrogens with zero attached hydrogens (tertiary/aromatic N) is 2. The molecular weight excluding hydrogens is 266 g/mol. The monoisotopic (exact) mass is 279 g/mol. The number of nitro groups is 1. The zero-order chi connectivity index (χ0) is 14.9. The molecule has 8 nitrogen and oxygen atoms in total. The fraction of sp³-hybridized carbons (Fsp3) is 0.333. The fourth-order valence-corrected chi connectivity index (χ4v) is 2.05. The van der Waals surface area contributed by atoms with Crippen molar-refractivity contribution in [3.63, 3.8) is 0 Å². The van der Waals surface area contributed by atoms with E-state index in [1.54, 1.807) is 6.92 Å². The average Bonchev–Trinajstić information content (AvgIpc) is 2.38. The molecule has 2 aromatic rings. The maximum atomic E-state index is 12.3. The van der Waals surface area contributed by atoms with Crippen molar-refractivity contribution in [2.24, 2.45) is 0 Å². The van der Waals surface area contributed by atoms with E-state index in [0.717, 1.165) is 10.6 Å². The lowest BCUT2D eigenvalue weighted by Gasteiger charge is -2.13. The summed E-state index contributed by atoms with van der Waals surface area (Å²) in [5.41, 5.74) is -1.07. The summed E-state index contributed by atoms with van der Waals surface area (Å²) in [6.45, 7) is 1.84. The molecule has 0 bridgehead atoms. The van der Waals surface area contributed by atoms with Crippen LogP contribution in [-0.4, -0.2) is 28.2 Å². The van der Waals surface area contributed by atoms with Crippen LogP contribution in [-0.2, 0) is 4.74 Å². The number of fused-ring (bicyclic) bond motifs is 1. The molecule has 1 N–H and O–H groups in total. The predicted molar refractivity (Wildman–Crippen MR) is 72.1 cm³/mol. The van der Waals surface area contributed by atoms with Gasteiger partial charge in [0.05, 0.1) is 28.5 Å². The molecule has 0 spiro atoms.